The van der Waals surface area contributed by atoms with Gasteiger partial charge in [0.15, 0.2) is 0 Å². The third-order valence-corrected chi connectivity index (χ3v) is 2.34. The van der Waals surface area contributed by atoms with Gasteiger partial charge in [0.1, 0.15) is 0 Å². The van der Waals surface area contributed by atoms with E-state index in [4.69, 9.17) is 11.6 Å². The molecule has 1 rings (SSSR count). The molecule has 0 aromatic heterocycles. The van der Waals surface area contributed by atoms with Crippen LogP contribution in [0.5, 0.6) is 0 Å². The van der Waals surface area contributed by atoms with Gasteiger partial charge in [-0.25, -0.2) is 0 Å². The van der Waals surface area contributed by atoms with Gasteiger partial charge >= 0.3 is 0 Å². The maximum Gasteiger partial charge on any atom is 0.0444 e. The summed E-state index contributed by atoms with van der Waals surface area (Å²) in [7, 11) is 0. The molecule has 0 bridgehead atoms. The minimum Gasteiger partial charge on any atom is -0.102 e. The highest BCUT2D eigenvalue weighted by Gasteiger charge is 2.05. The van der Waals surface area contributed by atoms with E-state index in [-0.39, 0.29) is 0 Å². The fourth-order valence-electron chi connectivity index (χ4n) is 1.14. The molecule has 0 saturated carbocycles. The minimum absolute atomic E-state index is 0.331. The Kier molecular flexibility index (Phi) is 2.93. The second-order valence-electron chi connectivity index (χ2n) is 3.05. The molecule has 1 atom stereocenters. The first-order chi connectivity index (χ1) is 5.65. The molecule has 1 heteroatoms. The number of hydrogen-bond acceptors (Lipinski definition) is 0. The smallest absolute Gasteiger partial charge is 0.0444 e. The van der Waals surface area contributed by atoms with E-state index in [2.05, 4.69) is 26.5 Å². The predicted molar refractivity (Wildman–Crippen MR) is 54.8 cm³/mol. The minimum atomic E-state index is 0.331. The number of benzene rings is 1. The van der Waals surface area contributed by atoms with Crippen LogP contribution in [0.3, 0.4) is 0 Å². The third-order valence-electron chi connectivity index (χ3n) is 2.00. The van der Waals surface area contributed by atoms with Crippen LogP contribution >= 0.6 is 11.6 Å². The molecule has 0 nitrogen and oxygen atoms in total. The lowest BCUT2D eigenvalue weighted by molar-refractivity contribution is 0.968. The fraction of sp³-hybridized carbons (Fsp3) is 0.273. The van der Waals surface area contributed by atoms with Gasteiger partial charge in [-0.3, -0.25) is 0 Å². The molecule has 0 heterocycles. The Morgan fingerprint density at radius 3 is 2.75 bits per heavy atom. The Morgan fingerprint density at radius 2 is 2.17 bits per heavy atom. The molecule has 1 unspecified atom stereocenters. The van der Waals surface area contributed by atoms with E-state index in [0.717, 1.165) is 10.6 Å². The zero-order valence-corrected chi connectivity index (χ0v) is 8.23. The van der Waals surface area contributed by atoms with Gasteiger partial charge in [-0.1, -0.05) is 42.3 Å². The summed E-state index contributed by atoms with van der Waals surface area (Å²) in [5.41, 5.74) is 2.40. The van der Waals surface area contributed by atoms with Crippen molar-refractivity contribution in [1.82, 2.24) is 0 Å². The second-order valence-corrected chi connectivity index (χ2v) is 3.46. The first-order valence-electron chi connectivity index (χ1n) is 4.03. The van der Waals surface area contributed by atoms with Gasteiger partial charge in [0, 0.05) is 10.9 Å². The molecule has 0 spiro atoms. The number of rotatable bonds is 2. The van der Waals surface area contributed by atoms with E-state index in [1.807, 2.05) is 18.2 Å². The summed E-state index contributed by atoms with van der Waals surface area (Å²) in [5.74, 6) is 0.331. The summed E-state index contributed by atoms with van der Waals surface area (Å²) in [6.07, 6.45) is 1.90. The van der Waals surface area contributed by atoms with Crippen molar-refractivity contribution in [3.05, 3.63) is 47.0 Å². The van der Waals surface area contributed by atoms with E-state index < -0.39 is 0 Å². The predicted octanol–water partition coefficient (Wildman–Crippen LogP) is 3.94. The van der Waals surface area contributed by atoms with Crippen LogP contribution < -0.4 is 0 Å². The number of aryl methyl sites for hydroxylation is 1. The van der Waals surface area contributed by atoms with Crippen molar-refractivity contribution in [1.29, 1.82) is 0 Å². The third kappa shape index (κ3) is 1.89. The zero-order chi connectivity index (χ0) is 9.14. The van der Waals surface area contributed by atoms with Crippen molar-refractivity contribution in [3.8, 4) is 0 Å². The van der Waals surface area contributed by atoms with Gasteiger partial charge in [-0.2, -0.15) is 0 Å². The van der Waals surface area contributed by atoms with Crippen LogP contribution in [0.25, 0.3) is 0 Å². The van der Waals surface area contributed by atoms with Crippen molar-refractivity contribution in [3.63, 3.8) is 0 Å². The topological polar surface area (TPSA) is 0 Å². The second kappa shape index (κ2) is 3.77. The van der Waals surface area contributed by atoms with E-state index >= 15 is 0 Å². The Bertz CT molecular complexity index is 289. The van der Waals surface area contributed by atoms with Crippen LogP contribution in [-0.4, -0.2) is 0 Å². The Balaban J connectivity index is 3.12. The van der Waals surface area contributed by atoms with Gasteiger partial charge in [0.2, 0.25) is 0 Å². The SMILES string of the molecule is C=CC(C)c1cc(C)ccc1Cl. The van der Waals surface area contributed by atoms with Crippen molar-refractivity contribution >= 4 is 11.6 Å². The van der Waals surface area contributed by atoms with E-state index in [9.17, 15) is 0 Å². The van der Waals surface area contributed by atoms with Crippen LogP contribution in [0.1, 0.15) is 24.0 Å². The maximum absolute atomic E-state index is 6.02. The first kappa shape index (κ1) is 9.34. The Labute approximate surface area is 78.9 Å². The van der Waals surface area contributed by atoms with E-state index in [0.29, 0.717) is 5.92 Å². The average Bonchev–Trinajstić information content (AvgIpc) is 2.08. The standard InChI is InChI=1S/C11H13Cl/c1-4-9(3)10-7-8(2)5-6-11(10)12/h4-7,9H,1H2,2-3H3. The summed E-state index contributed by atoms with van der Waals surface area (Å²) in [4.78, 5) is 0. The summed E-state index contributed by atoms with van der Waals surface area (Å²) >= 11 is 6.02. The molecular weight excluding hydrogens is 168 g/mol. The molecule has 1 aromatic rings. The van der Waals surface area contributed by atoms with Crippen molar-refractivity contribution < 1.29 is 0 Å². The molecular formula is C11H13Cl. The number of hydrogen-bond donors (Lipinski definition) is 0. The zero-order valence-electron chi connectivity index (χ0n) is 7.47. The Hall–Kier alpha value is -0.750. The molecule has 0 aliphatic rings. The lowest BCUT2D eigenvalue weighted by Gasteiger charge is -2.09. The highest BCUT2D eigenvalue weighted by molar-refractivity contribution is 6.31. The monoisotopic (exact) mass is 180 g/mol. The van der Waals surface area contributed by atoms with Crippen LogP contribution in [-0.2, 0) is 0 Å². The summed E-state index contributed by atoms with van der Waals surface area (Å²) in [6, 6.07) is 6.06. The largest absolute Gasteiger partial charge is 0.102 e. The number of halogens is 1. The fourth-order valence-corrected chi connectivity index (χ4v) is 1.43. The van der Waals surface area contributed by atoms with Crippen LogP contribution in [0.2, 0.25) is 5.02 Å². The Morgan fingerprint density at radius 1 is 1.50 bits per heavy atom. The van der Waals surface area contributed by atoms with Gasteiger partial charge in [-0.05, 0) is 18.6 Å². The normalized spacial score (nSPS) is 12.6. The van der Waals surface area contributed by atoms with Gasteiger partial charge < -0.3 is 0 Å². The van der Waals surface area contributed by atoms with Gasteiger partial charge in [0.25, 0.3) is 0 Å². The summed E-state index contributed by atoms with van der Waals surface area (Å²) in [6.45, 7) is 7.91. The molecule has 0 N–H and O–H groups in total. The molecule has 12 heavy (non-hydrogen) atoms. The van der Waals surface area contributed by atoms with Crippen LogP contribution in [0.4, 0.5) is 0 Å². The maximum atomic E-state index is 6.02. The van der Waals surface area contributed by atoms with Crippen molar-refractivity contribution in [2.75, 3.05) is 0 Å². The molecule has 0 aliphatic carbocycles. The lowest BCUT2D eigenvalue weighted by atomic mass is 10.00. The molecule has 0 fully saturated rings. The van der Waals surface area contributed by atoms with Gasteiger partial charge in [0.05, 0.1) is 0 Å². The highest BCUT2D eigenvalue weighted by atomic mass is 35.5. The molecule has 64 valence electrons. The van der Waals surface area contributed by atoms with E-state index in [1.165, 1.54) is 5.56 Å². The number of allylic oxidation sites excluding steroid dienone is 1. The van der Waals surface area contributed by atoms with E-state index in [1.54, 1.807) is 0 Å². The lowest BCUT2D eigenvalue weighted by Crippen LogP contribution is -1.90. The van der Waals surface area contributed by atoms with Crippen LogP contribution in [0.15, 0.2) is 30.9 Å². The first-order valence-corrected chi connectivity index (χ1v) is 4.41. The molecule has 1 aromatic carbocycles. The highest BCUT2D eigenvalue weighted by Crippen LogP contribution is 2.25. The molecule has 0 aliphatic heterocycles. The average molecular weight is 181 g/mol. The molecule has 0 saturated heterocycles. The van der Waals surface area contributed by atoms with Gasteiger partial charge in [-0.15, -0.1) is 6.58 Å². The summed E-state index contributed by atoms with van der Waals surface area (Å²) in [5, 5.41) is 0.827. The summed E-state index contributed by atoms with van der Waals surface area (Å²) < 4.78 is 0. The van der Waals surface area contributed by atoms with Crippen molar-refractivity contribution in [2.24, 2.45) is 0 Å². The molecule has 0 amide bonds. The quantitative estimate of drug-likeness (QED) is 0.605. The molecule has 0 radical (unpaired) electrons. The van der Waals surface area contributed by atoms with Crippen molar-refractivity contribution in [2.45, 2.75) is 19.8 Å². The van der Waals surface area contributed by atoms with Crippen LogP contribution in [0, 0.1) is 6.92 Å².